The lowest BCUT2D eigenvalue weighted by Crippen LogP contribution is -2.32. The molecule has 0 aliphatic heterocycles. The monoisotopic (exact) mass is 314 g/mol. The van der Waals surface area contributed by atoms with Gasteiger partial charge in [0.05, 0.1) is 0 Å². The van der Waals surface area contributed by atoms with E-state index in [1.165, 1.54) is 19.3 Å². The van der Waals surface area contributed by atoms with Crippen molar-refractivity contribution in [2.45, 2.75) is 64.0 Å². The van der Waals surface area contributed by atoms with Crippen LogP contribution in [0.15, 0.2) is 29.8 Å². The number of halogens is 1. The van der Waals surface area contributed by atoms with Gasteiger partial charge in [-0.3, -0.25) is 4.99 Å². The Balaban J connectivity index is 1.62. The number of nitrogens with one attached hydrogen (secondary N) is 1. The first-order valence-corrected chi connectivity index (χ1v) is 8.90. The van der Waals surface area contributed by atoms with Gasteiger partial charge >= 0.3 is 0 Å². The van der Waals surface area contributed by atoms with Gasteiger partial charge in [-0.2, -0.15) is 0 Å². The van der Waals surface area contributed by atoms with Crippen LogP contribution in [0.2, 0.25) is 0 Å². The smallest absolute Gasteiger partial charge is 0.133 e. The van der Waals surface area contributed by atoms with E-state index < -0.39 is 0 Å². The molecule has 0 amide bonds. The van der Waals surface area contributed by atoms with Crippen molar-refractivity contribution in [1.29, 1.82) is 0 Å². The fourth-order valence-corrected chi connectivity index (χ4v) is 3.47. The molecule has 0 saturated heterocycles. The molecule has 2 saturated carbocycles. The summed E-state index contributed by atoms with van der Waals surface area (Å²) in [6.07, 6.45) is 10.2. The van der Waals surface area contributed by atoms with Crippen LogP contribution >= 0.6 is 0 Å². The van der Waals surface area contributed by atoms with Crippen molar-refractivity contribution in [3.8, 4) is 0 Å². The van der Waals surface area contributed by atoms with Crippen LogP contribution < -0.4 is 5.32 Å². The summed E-state index contributed by atoms with van der Waals surface area (Å²) in [5, 5.41) is 3.43. The van der Waals surface area contributed by atoms with Crippen LogP contribution in [-0.2, 0) is 0 Å². The molecule has 2 unspecified atom stereocenters. The zero-order valence-electron chi connectivity index (χ0n) is 14.0. The Labute approximate surface area is 138 Å². The molecule has 2 aliphatic carbocycles. The molecule has 2 fully saturated rings. The van der Waals surface area contributed by atoms with Crippen molar-refractivity contribution < 1.29 is 4.39 Å². The highest BCUT2D eigenvalue weighted by Crippen LogP contribution is 2.26. The van der Waals surface area contributed by atoms with Crippen molar-refractivity contribution >= 4 is 11.9 Å². The van der Waals surface area contributed by atoms with E-state index >= 15 is 0 Å². The van der Waals surface area contributed by atoms with Gasteiger partial charge in [0.2, 0.25) is 0 Å². The molecule has 0 aromatic heterocycles. The van der Waals surface area contributed by atoms with Crippen LogP contribution in [0.3, 0.4) is 0 Å². The maximum absolute atomic E-state index is 14.4. The summed E-state index contributed by atoms with van der Waals surface area (Å²) in [5.41, 5.74) is 2.10. The Hall–Kier alpha value is -1.64. The fourth-order valence-electron chi connectivity index (χ4n) is 3.47. The molecule has 2 nitrogen and oxygen atoms in total. The summed E-state index contributed by atoms with van der Waals surface area (Å²) in [6.45, 7) is 6.33. The van der Waals surface area contributed by atoms with Gasteiger partial charge in [-0.05, 0) is 55.7 Å². The summed E-state index contributed by atoms with van der Waals surface area (Å²) >= 11 is 0. The lowest BCUT2D eigenvalue weighted by Gasteiger charge is -2.29. The molecule has 0 bridgehead atoms. The second kappa shape index (κ2) is 7.29. The second-order valence-corrected chi connectivity index (χ2v) is 7.19. The van der Waals surface area contributed by atoms with Crippen molar-refractivity contribution in [3.63, 3.8) is 0 Å². The number of aliphatic imine (C=N–C) groups is 1. The van der Waals surface area contributed by atoms with Crippen molar-refractivity contribution in [2.24, 2.45) is 10.9 Å². The molecule has 0 radical (unpaired) electrons. The van der Waals surface area contributed by atoms with E-state index in [9.17, 15) is 4.39 Å². The van der Waals surface area contributed by atoms with Crippen LogP contribution in [0.4, 0.5) is 4.39 Å². The molecular formula is C20H27FN2. The van der Waals surface area contributed by atoms with Crippen molar-refractivity contribution in [1.82, 2.24) is 5.32 Å². The molecule has 23 heavy (non-hydrogen) atoms. The topological polar surface area (TPSA) is 24.4 Å². The van der Waals surface area contributed by atoms with Gasteiger partial charge in [0.1, 0.15) is 5.82 Å². The fraction of sp³-hybridized carbons (Fsp3) is 0.550. The zero-order valence-corrected chi connectivity index (χ0v) is 14.0. The Morgan fingerprint density at radius 3 is 2.70 bits per heavy atom. The summed E-state index contributed by atoms with van der Waals surface area (Å²) in [5.74, 6) is 0.521. The first-order chi connectivity index (χ1) is 11.1. The first kappa shape index (κ1) is 16.2. The summed E-state index contributed by atoms with van der Waals surface area (Å²) < 4.78 is 14.4. The standard InChI is InChI=1S/C20H27FN2/c1-14-5-3-8-18(11-14)23-15(2)19-10-9-16(12-20(19)21)13-22-17-6-4-7-17/h9-10,12-14,17-18,23H,2-8,11H2,1H3. The highest BCUT2D eigenvalue weighted by Gasteiger charge is 2.20. The summed E-state index contributed by atoms with van der Waals surface area (Å²) in [7, 11) is 0. The second-order valence-electron chi connectivity index (χ2n) is 7.19. The Morgan fingerprint density at radius 2 is 2.04 bits per heavy atom. The molecule has 0 spiro atoms. The quantitative estimate of drug-likeness (QED) is 0.765. The molecule has 124 valence electrons. The van der Waals surface area contributed by atoms with Crippen LogP contribution in [0, 0.1) is 11.7 Å². The number of nitrogens with zero attached hydrogens (tertiary/aromatic N) is 1. The van der Waals surface area contributed by atoms with Gasteiger partial charge in [-0.1, -0.05) is 32.4 Å². The highest BCUT2D eigenvalue weighted by molar-refractivity contribution is 5.80. The van der Waals surface area contributed by atoms with Crippen LogP contribution in [0.25, 0.3) is 5.70 Å². The third-order valence-corrected chi connectivity index (χ3v) is 5.14. The van der Waals surface area contributed by atoms with Crippen LogP contribution in [0.5, 0.6) is 0 Å². The number of rotatable bonds is 5. The lowest BCUT2D eigenvalue weighted by molar-refractivity contribution is 0.323. The molecule has 1 aromatic rings. The molecule has 3 heteroatoms. The molecule has 1 N–H and O–H groups in total. The van der Waals surface area contributed by atoms with Gasteiger partial charge in [0, 0.05) is 29.6 Å². The van der Waals surface area contributed by atoms with Crippen LogP contribution in [0.1, 0.15) is 63.0 Å². The average Bonchev–Trinajstić information content (AvgIpc) is 2.45. The van der Waals surface area contributed by atoms with E-state index in [4.69, 9.17) is 0 Å². The van der Waals surface area contributed by atoms with E-state index in [0.717, 1.165) is 37.2 Å². The predicted octanol–water partition coefficient (Wildman–Crippen LogP) is 4.94. The minimum atomic E-state index is -0.219. The van der Waals surface area contributed by atoms with E-state index in [-0.39, 0.29) is 5.82 Å². The van der Waals surface area contributed by atoms with Gasteiger partial charge in [-0.25, -0.2) is 4.39 Å². The average molecular weight is 314 g/mol. The largest absolute Gasteiger partial charge is 0.382 e. The van der Waals surface area contributed by atoms with Gasteiger partial charge < -0.3 is 5.32 Å². The molecule has 2 atom stereocenters. The summed E-state index contributed by atoms with van der Waals surface area (Å²) in [4.78, 5) is 4.49. The minimum absolute atomic E-state index is 0.219. The van der Waals surface area contributed by atoms with E-state index in [2.05, 4.69) is 23.8 Å². The van der Waals surface area contributed by atoms with Crippen molar-refractivity contribution in [3.05, 3.63) is 41.7 Å². The molecule has 2 aliphatic rings. The third kappa shape index (κ3) is 4.21. The SMILES string of the molecule is C=C(NC1CCCC(C)C1)c1ccc(C=NC2CCC2)cc1F. The Bertz CT molecular complexity index is 589. The predicted molar refractivity (Wildman–Crippen MR) is 95.2 cm³/mol. The van der Waals surface area contributed by atoms with Gasteiger partial charge in [-0.15, -0.1) is 0 Å². The maximum atomic E-state index is 14.4. The molecule has 0 heterocycles. The third-order valence-electron chi connectivity index (χ3n) is 5.14. The van der Waals surface area contributed by atoms with E-state index in [0.29, 0.717) is 23.3 Å². The molecule has 3 rings (SSSR count). The zero-order chi connectivity index (χ0) is 16.2. The Morgan fingerprint density at radius 1 is 1.26 bits per heavy atom. The van der Waals surface area contributed by atoms with E-state index in [1.807, 2.05) is 12.1 Å². The highest BCUT2D eigenvalue weighted by atomic mass is 19.1. The normalized spacial score (nSPS) is 25.3. The van der Waals surface area contributed by atoms with Gasteiger partial charge in [0.25, 0.3) is 0 Å². The van der Waals surface area contributed by atoms with E-state index in [1.54, 1.807) is 12.3 Å². The van der Waals surface area contributed by atoms with Gasteiger partial charge in [0.15, 0.2) is 0 Å². The molecule has 1 aromatic carbocycles. The maximum Gasteiger partial charge on any atom is 0.133 e. The number of benzene rings is 1. The minimum Gasteiger partial charge on any atom is -0.382 e. The van der Waals surface area contributed by atoms with Crippen molar-refractivity contribution in [2.75, 3.05) is 0 Å². The molecular weight excluding hydrogens is 287 g/mol. The Kier molecular flexibility index (Phi) is 5.14. The number of hydrogen-bond acceptors (Lipinski definition) is 2. The summed E-state index contributed by atoms with van der Waals surface area (Å²) in [6, 6.07) is 6.18. The lowest BCUT2D eigenvalue weighted by atomic mass is 9.87. The number of hydrogen-bond donors (Lipinski definition) is 1. The first-order valence-electron chi connectivity index (χ1n) is 8.90. The van der Waals surface area contributed by atoms with Crippen LogP contribution in [-0.4, -0.2) is 18.3 Å².